The second kappa shape index (κ2) is 17.3. The van der Waals surface area contributed by atoms with E-state index in [1.165, 1.54) is 107 Å². The monoisotopic (exact) mass is 515 g/mol. The molecule has 0 saturated heterocycles. The average molecular weight is 516 g/mol. The zero-order valence-corrected chi connectivity index (χ0v) is 24.8. The maximum atomic E-state index is 3.75. The Morgan fingerprint density at radius 1 is 0.684 bits per heavy atom. The average Bonchev–Trinajstić information content (AvgIpc) is 3.41. The summed E-state index contributed by atoms with van der Waals surface area (Å²) in [4.78, 5) is 3.75. The molecule has 2 heteroatoms. The number of imidazole rings is 1. The summed E-state index contributed by atoms with van der Waals surface area (Å²) < 4.78 is 2.55. The predicted molar refractivity (Wildman–Crippen MR) is 164 cm³/mol. The van der Waals surface area contributed by atoms with Crippen LogP contribution in [0.5, 0.6) is 0 Å². The normalized spacial score (nSPS) is 13.9. The van der Waals surface area contributed by atoms with E-state index in [0.717, 1.165) is 13.0 Å². The van der Waals surface area contributed by atoms with Gasteiger partial charge in [-0.1, -0.05) is 152 Å². The van der Waals surface area contributed by atoms with Crippen LogP contribution in [0.15, 0.2) is 73.1 Å². The Morgan fingerprint density at radius 2 is 1.24 bits per heavy atom. The number of nitrogens with one attached hydrogen (secondary N) is 1. The number of aromatic amines is 1. The number of aryl methyl sites for hydroxylation is 1. The summed E-state index contributed by atoms with van der Waals surface area (Å²) in [6.45, 7) is 8.25. The molecule has 0 amide bonds. The van der Waals surface area contributed by atoms with Crippen LogP contribution in [0.25, 0.3) is 0 Å². The van der Waals surface area contributed by atoms with Gasteiger partial charge >= 0.3 is 0 Å². The van der Waals surface area contributed by atoms with E-state index >= 15 is 0 Å². The molecule has 2 atom stereocenters. The summed E-state index contributed by atoms with van der Waals surface area (Å²) >= 11 is 0. The van der Waals surface area contributed by atoms with Crippen LogP contribution in [-0.4, -0.2) is 4.98 Å². The van der Waals surface area contributed by atoms with Crippen LogP contribution in [0.2, 0.25) is 0 Å². The van der Waals surface area contributed by atoms with E-state index in [4.69, 9.17) is 0 Å². The Bertz CT molecular complexity index is 977. The van der Waals surface area contributed by atoms with Crippen molar-refractivity contribution in [3.05, 3.63) is 90.0 Å². The fraction of sp³-hybridized carbons (Fsp3) is 0.583. The summed E-state index contributed by atoms with van der Waals surface area (Å²) in [5, 5.41) is 0. The van der Waals surface area contributed by atoms with Crippen LogP contribution >= 0.6 is 0 Å². The van der Waals surface area contributed by atoms with E-state index < -0.39 is 0 Å². The van der Waals surface area contributed by atoms with Gasteiger partial charge in [0.1, 0.15) is 12.4 Å². The minimum atomic E-state index is 0.0138. The molecule has 1 N–H and O–H groups in total. The molecule has 0 saturated carbocycles. The number of benzene rings is 2. The summed E-state index contributed by atoms with van der Waals surface area (Å²) in [7, 11) is 0. The quantitative estimate of drug-likeness (QED) is 0.114. The molecule has 3 aromatic rings. The van der Waals surface area contributed by atoms with Crippen molar-refractivity contribution in [2.75, 3.05) is 0 Å². The molecule has 1 heterocycles. The first kappa shape index (κ1) is 30.2. The highest BCUT2D eigenvalue weighted by atomic mass is 15.1. The molecule has 2 aromatic carbocycles. The lowest BCUT2D eigenvalue weighted by Gasteiger charge is -2.37. The molecule has 0 bridgehead atoms. The number of H-pyrrole nitrogens is 1. The summed E-state index contributed by atoms with van der Waals surface area (Å²) in [5.74, 6) is 1.86. The molecule has 208 valence electrons. The van der Waals surface area contributed by atoms with E-state index in [1.54, 1.807) is 0 Å². The van der Waals surface area contributed by atoms with Crippen molar-refractivity contribution in [1.82, 2.24) is 4.98 Å². The first-order valence-corrected chi connectivity index (χ1v) is 15.8. The largest absolute Gasteiger partial charge is 0.258 e. The topological polar surface area (TPSA) is 19.7 Å². The van der Waals surface area contributed by atoms with Crippen LogP contribution < -0.4 is 4.57 Å². The molecular formula is C36H55N2+. The molecule has 2 nitrogen and oxygen atoms in total. The van der Waals surface area contributed by atoms with Crippen molar-refractivity contribution in [3.8, 4) is 0 Å². The third-order valence-electron chi connectivity index (χ3n) is 8.59. The van der Waals surface area contributed by atoms with Gasteiger partial charge in [0.25, 0.3) is 5.82 Å². The van der Waals surface area contributed by atoms with Crippen molar-refractivity contribution in [1.29, 1.82) is 0 Å². The number of aromatic nitrogens is 2. The van der Waals surface area contributed by atoms with Gasteiger partial charge in [-0.05, 0) is 36.8 Å². The van der Waals surface area contributed by atoms with Crippen LogP contribution in [-0.2, 0) is 18.4 Å². The standard InChI is InChI=1S/C36H54N2/c1-4-6-8-10-11-12-13-14-22-29-38-30-28-37-35(38)34(27-21-9-7-5-2)36(3,33-25-19-16-20-26-33)31-32-23-17-15-18-24-32/h15-20,23-26,28,30,34H,4-14,21-22,27,29,31H2,1-3H3/p+1. The third kappa shape index (κ3) is 9.44. The Morgan fingerprint density at radius 3 is 1.87 bits per heavy atom. The van der Waals surface area contributed by atoms with E-state index in [1.807, 2.05) is 0 Å². The minimum Gasteiger partial charge on any atom is -0.247 e. The zero-order valence-electron chi connectivity index (χ0n) is 24.8. The first-order chi connectivity index (χ1) is 18.7. The zero-order chi connectivity index (χ0) is 26.9. The third-order valence-corrected chi connectivity index (χ3v) is 8.59. The fourth-order valence-corrected chi connectivity index (χ4v) is 6.26. The molecule has 0 spiro atoms. The number of hydrogen-bond acceptors (Lipinski definition) is 0. The lowest BCUT2D eigenvalue weighted by atomic mass is 9.66. The minimum absolute atomic E-state index is 0.0138. The Labute approximate surface area is 234 Å². The predicted octanol–water partition coefficient (Wildman–Crippen LogP) is 10.1. The van der Waals surface area contributed by atoms with Gasteiger partial charge in [0.2, 0.25) is 0 Å². The summed E-state index contributed by atoms with van der Waals surface area (Å²) in [5.41, 5.74) is 2.89. The molecule has 3 rings (SSSR count). The van der Waals surface area contributed by atoms with Gasteiger partial charge in [0.15, 0.2) is 0 Å². The molecule has 0 aliphatic carbocycles. The van der Waals surface area contributed by atoms with Gasteiger partial charge < -0.3 is 0 Å². The Balaban J connectivity index is 1.76. The van der Waals surface area contributed by atoms with E-state index in [0.29, 0.717) is 5.92 Å². The van der Waals surface area contributed by atoms with Gasteiger partial charge in [0.05, 0.1) is 12.5 Å². The second-order valence-electron chi connectivity index (χ2n) is 11.7. The summed E-state index contributed by atoms with van der Waals surface area (Å²) in [6.07, 6.45) is 24.3. The van der Waals surface area contributed by atoms with Gasteiger partial charge in [-0.25, -0.2) is 9.55 Å². The lowest BCUT2D eigenvalue weighted by Crippen LogP contribution is -2.43. The van der Waals surface area contributed by atoms with Crippen molar-refractivity contribution >= 4 is 0 Å². The summed E-state index contributed by atoms with van der Waals surface area (Å²) in [6, 6.07) is 22.4. The van der Waals surface area contributed by atoms with Crippen LogP contribution in [0.4, 0.5) is 0 Å². The number of nitrogens with zero attached hydrogens (tertiary/aromatic N) is 1. The molecule has 0 radical (unpaired) electrons. The number of unbranched alkanes of at least 4 members (excludes halogenated alkanes) is 11. The van der Waals surface area contributed by atoms with Gasteiger partial charge in [0, 0.05) is 5.41 Å². The second-order valence-corrected chi connectivity index (χ2v) is 11.7. The van der Waals surface area contributed by atoms with Crippen molar-refractivity contribution in [3.63, 3.8) is 0 Å². The van der Waals surface area contributed by atoms with Gasteiger partial charge in [-0.15, -0.1) is 0 Å². The van der Waals surface area contributed by atoms with E-state index in [2.05, 4.69) is 103 Å². The Kier molecular flexibility index (Phi) is 13.7. The number of rotatable bonds is 20. The molecule has 0 aliphatic heterocycles. The van der Waals surface area contributed by atoms with E-state index in [9.17, 15) is 0 Å². The molecular weight excluding hydrogens is 460 g/mol. The SMILES string of the molecule is CCCCCCCCCCC[n+]1cc[nH]c1C(CCCCCC)C(C)(Cc1ccccc1)c1ccccc1. The molecule has 1 aromatic heterocycles. The molecule has 38 heavy (non-hydrogen) atoms. The van der Waals surface area contributed by atoms with Gasteiger partial charge in [-0.3, -0.25) is 0 Å². The van der Waals surface area contributed by atoms with Crippen LogP contribution in [0, 0.1) is 0 Å². The highest BCUT2D eigenvalue weighted by Crippen LogP contribution is 2.43. The molecule has 2 unspecified atom stereocenters. The van der Waals surface area contributed by atoms with E-state index in [-0.39, 0.29) is 5.41 Å². The highest BCUT2D eigenvalue weighted by Gasteiger charge is 2.41. The molecule has 0 aliphatic rings. The Hall–Kier alpha value is -2.35. The number of hydrogen-bond donors (Lipinski definition) is 1. The van der Waals surface area contributed by atoms with Crippen LogP contribution in [0.1, 0.15) is 134 Å². The first-order valence-electron chi connectivity index (χ1n) is 15.8. The maximum absolute atomic E-state index is 3.75. The maximum Gasteiger partial charge on any atom is 0.258 e. The van der Waals surface area contributed by atoms with Crippen molar-refractivity contribution in [2.45, 2.75) is 135 Å². The lowest BCUT2D eigenvalue weighted by molar-refractivity contribution is -0.705. The highest BCUT2D eigenvalue weighted by molar-refractivity contribution is 5.32. The van der Waals surface area contributed by atoms with Crippen LogP contribution in [0.3, 0.4) is 0 Å². The van der Waals surface area contributed by atoms with Crippen molar-refractivity contribution in [2.24, 2.45) is 0 Å². The van der Waals surface area contributed by atoms with Crippen molar-refractivity contribution < 1.29 is 4.57 Å². The molecule has 0 fully saturated rings. The smallest absolute Gasteiger partial charge is 0.247 e. The fourth-order valence-electron chi connectivity index (χ4n) is 6.26. The van der Waals surface area contributed by atoms with Gasteiger partial charge in [-0.2, -0.15) is 0 Å².